The summed E-state index contributed by atoms with van der Waals surface area (Å²) in [5.41, 5.74) is -0.377. The van der Waals surface area contributed by atoms with E-state index >= 15 is 0 Å². The molecule has 1 rings (SSSR count). The highest BCUT2D eigenvalue weighted by Gasteiger charge is 2.13. The Hall–Kier alpha value is -1.85. The number of nitrogens with one attached hydrogen (secondary N) is 1. The van der Waals surface area contributed by atoms with Gasteiger partial charge in [0.25, 0.3) is 11.5 Å². The molecule has 82 valence electrons. The van der Waals surface area contributed by atoms with Crippen molar-refractivity contribution in [3.8, 4) is 0 Å². The topological polar surface area (TPSA) is 69.3 Å². The van der Waals surface area contributed by atoms with Crippen molar-refractivity contribution < 1.29 is 4.79 Å². The minimum Gasteiger partial charge on any atom is -0.348 e. The average molecular weight is 210 g/mol. The average Bonchev–Trinajstić information content (AvgIpc) is 2.16. The lowest BCUT2D eigenvalue weighted by atomic mass is 10.3. The molecule has 1 aromatic heterocycles. The lowest BCUT2D eigenvalue weighted by molar-refractivity contribution is 0.0825. The Morgan fingerprint density at radius 3 is 2.33 bits per heavy atom. The van der Waals surface area contributed by atoms with E-state index in [4.69, 9.17) is 0 Å². The minimum atomic E-state index is -0.424. The first-order valence-electron chi connectivity index (χ1n) is 4.41. The van der Waals surface area contributed by atoms with E-state index in [2.05, 4.69) is 9.97 Å². The fraction of sp³-hybridized carbons (Fsp3) is 0.444. The van der Waals surface area contributed by atoms with Gasteiger partial charge in [0.15, 0.2) is 0 Å². The predicted molar refractivity (Wildman–Crippen MR) is 57.2 cm³/mol. The van der Waals surface area contributed by atoms with Crippen LogP contribution in [0.3, 0.4) is 0 Å². The maximum Gasteiger partial charge on any atom is 0.265 e. The second-order valence-corrected chi connectivity index (χ2v) is 3.54. The lowest BCUT2D eigenvalue weighted by Gasteiger charge is -2.12. The summed E-state index contributed by atoms with van der Waals surface area (Å²) in [6.07, 6.45) is 1.29. The van der Waals surface area contributed by atoms with E-state index in [1.54, 1.807) is 33.1 Å². The van der Waals surface area contributed by atoms with Gasteiger partial charge in [0, 0.05) is 34.4 Å². The van der Waals surface area contributed by atoms with Crippen molar-refractivity contribution in [1.29, 1.82) is 0 Å². The van der Waals surface area contributed by atoms with Gasteiger partial charge < -0.3 is 9.80 Å². The van der Waals surface area contributed by atoms with Crippen molar-refractivity contribution >= 4 is 11.9 Å². The lowest BCUT2D eigenvalue weighted by Crippen LogP contribution is -2.30. The van der Waals surface area contributed by atoms with Gasteiger partial charge >= 0.3 is 0 Å². The highest BCUT2D eigenvalue weighted by Crippen LogP contribution is 1.99. The Kier molecular flexibility index (Phi) is 3.08. The Balaban J connectivity index is 3.15. The van der Waals surface area contributed by atoms with Crippen LogP contribution in [-0.2, 0) is 0 Å². The van der Waals surface area contributed by atoms with Gasteiger partial charge in [-0.15, -0.1) is 0 Å². The molecule has 0 fully saturated rings. The number of hydrogen-bond acceptors (Lipinski definition) is 4. The van der Waals surface area contributed by atoms with Gasteiger partial charge in [0.05, 0.1) is 0 Å². The van der Waals surface area contributed by atoms with Gasteiger partial charge in [-0.2, -0.15) is 0 Å². The van der Waals surface area contributed by atoms with Gasteiger partial charge in [-0.3, -0.25) is 14.6 Å². The highest BCUT2D eigenvalue weighted by molar-refractivity contribution is 5.93. The van der Waals surface area contributed by atoms with E-state index in [1.165, 1.54) is 11.1 Å². The molecule has 0 aromatic carbocycles. The van der Waals surface area contributed by atoms with E-state index in [0.717, 1.165) is 0 Å². The van der Waals surface area contributed by atoms with Crippen molar-refractivity contribution in [3.63, 3.8) is 0 Å². The summed E-state index contributed by atoms with van der Waals surface area (Å²) < 4.78 is 0. The summed E-state index contributed by atoms with van der Waals surface area (Å²) >= 11 is 0. The number of aromatic amines is 1. The third-order valence-corrected chi connectivity index (χ3v) is 1.85. The van der Waals surface area contributed by atoms with Crippen LogP contribution in [0.25, 0.3) is 0 Å². The first kappa shape index (κ1) is 11.2. The molecular formula is C9H14N4O2. The fourth-order valence-electron chi connectivity index (χ4n) is 1.01. The van der Waals surface area contributed by atoms with E-state index in [-0.39, 0.29) is 11.5 Å². The molecular weight excluding hydrogens is 196 g/mol. The maximum atomic E-state index is 11.5. The molecule has 0 radical (unpaired) electrons. The number of anilines is 1. The molecule has 0 aliphatic carbocycles. The van der Waals surface area contributed by atoms with Crippen LogP contribution < -0.4 is 10.5 Å². The zero-order chi connectivity index (χ0) is 11.6. The molecule has 6 heteroatoms. The van der Waals surface area contributed by atoms with Crippen LogP contribution >= 0.6 is 0 Å². The number of carbonyl (C=O) groups excluding carboxylic acids is 1. The van der Waals surface area contributed by atoms with Crippen LogP contribution in [0.5, 0.6) is 0 Å². The molecule has 1 amide bonds. The van der Waals surface area contributed by atoms with Crippen LogP contribution in [0.2, 0.25) is 0 Å². The summed E-state index contributed by atoms with van der Waals surface area (Å²) in [6, 6.07) is 0. The van der Waals surface area contributed by atoms with E-state index < -0.39 is 5.56 Å². The van der Waals surface area contributed by atoms with Gasteiger partial charge in [0.2, 0.25) is 5.95 Å². The standard InChI is InChI=1S/C9H14N4O2/c1-12(2)8(15)6-5-10-9(13(3)4)11-7(6)14/h5H,1-4H3,(H,10,11,14). The van der Waals surface area contributed by atoms with Crippen molar-refractivity contribution in [2.75, 3.05) is 33.1 Å². The van der Waals surface area contributed by atoms with Crippen molar-refractivity contribution in [1.82, 2.24) is 14.9 Å². The Bertz CT molecular complexity index is 422. The number of carbonyl (C=O) groups is 1. The molecule has 1 N–H and O–H groups in total. The van der Waals surface area contributed by atoms with Crippen molar-refractivity contribution in [2.45, 2.75) is 0 Å². The Morgan fingerprint density at radius 1 is 1.33 bits per heavy atom. The number of nitrogens with zero attached hydrogens (tertiary/aromatic N) is 3. The third kappa shape index (κ3) is 2.34. The number of amides is 1. The highest BCUT2D eigenvalue weighted by atomic mass is 16.2. The molecule has 0 bridgehead atoms. The second kappa shape index (κ2) is 4.12. The van der Waals surface area contributed by atoms with Crippen LogP contribution in [0.15, 0.2) is 11.0 Å². The van der Waals surface area contributed by atoms with Crippen LogP contribution in [0.1, 0.15) is 10.4 Å². The van der Waals surface area contributed by atoms with Crippen molar-refractivity contribution in [2.24, 2.45) is 0 Å². The van der Waals surface area contributed by atoms with Crippen LogP contribution in [-0.4, -0.2) is 49.0 Å². The molecule has 1 aromatic rings. The summed E-state index contributed by atoms with van der Waals surface area (Å²) in [6.45, 7) is 0. The van der Waals surface area contributed by atoms with Gasteiger partial charge in [-0.05, 0) is 0 Å². The van der Waals surface area contributed by atoms with E-state index in [0.29, 0.717) is 5.95 Å². The molecule has 0 spiro atoms. The molecule has 0 aliphatic heterocycles. The quantitative estimate of drug-likeness (QED) is 0.717. The van der Waals surface area contributed by atoms with Gasteiger partial charge in [0.1, 0.15) is 5.56 Å². The summed E-state index contributed by atoms with van der Waals surface area (Å²) in [7, 11) is 6.68. The number of aromatic nitrogens is 2. The van der Waals surface area contributed by atoms with Crippen LogP contribution in [0, 0.1) is 0 Å². The number of H-pyrrole nitrogens is 1. The number of rotatable bonds is 2. The smallest absolute Gasteiger partial charge is 0.265 e. The molecule has 0 atom stereocenters. The number of hydrogen-bond donors (Lipinski definition) is 1. The zero-order valence-corrected chi connectivity index (χ0v) is 9.24. The molecule has 15 heavy (non-hydrogen) atoms. The first-order valence-corrected chi connectivity index (χ1v) is 4.41. The minimum absolute atomic E-state index is 0.0469. The Labute approximate surface area is 87.5 Å². The molecule has 0 unspecified atom stereocenters. The second-order valence-electron chi connectivity index (χ2n) is 3.54. The first-order chi connectivity index (χ1) is 6.93. The largest absolute Gasteiger partial charge is 0.348 e. The molecule has 0 saturated heterocycles. The monoisotopic (exact) mass is 210 g/mol. The van der Waals surface area contributed by atoms with Gasteiger partial charge in [-0.1, -0.05) is 0 Å². The van der Waals surface area contributed by atoms with Gasteiger partial charge in [-0.25, -0.2) is 4.98 Å². The molecule has 1 heterocycles. The SMILES string of the molecule is CN(C)C(=O)c1cnc(N(C)C)[nH]c1=O. The van der Waals surface area contributed by atoms with Crippen LogP contribution in [0.4, 0.5) is 5.95 Å². The maximum absolute atomic E-state index is 11.5. The van der Waals surface area contributed by atoms with E-state index in [1.807, 2.05) is 0 Å². The third-order valence-electron chi connectivity index (χ3n) is 1.85. The Morgan fingerprint density at radius 2 is 1.93 bits per heavy atom. The summed E-state index contributed by atoms with van der Waals surface area (Å²) in [5.74, 6) is 0.0735. The predicted octanol–water partition coefficient (Wildman–Crippen LogP) is -0.462. The summed E-state index contributed by atoms with van der Waals surface area (Å²) in [4.78, 5) is 32.5. The molecule has 0 saturated carbocycles. The van der Waals surface area contributed by atoms with Crippen molar-refractivity contribution in [3.05, 3.63) is 22.1 Å². The molecule has 0 aliphatic rings. The fourth-order valence-corrected chi connectivity index (χ4v) is 1.01. The zero-order valence-electron chi connectivity index (χ0n) is 9.24. The van der Waals surface area contributed by atoms with E-state index in [9.17, 15) is 9.59 Å². The normalized spacial score (nSPS) is 9.87. The molecule has 6 nitrogen and oxygen atoms in total. The summed E-state index contributed by atoms with van der Waals surface area (Å²) in [5, 5.41) is 0.